The molecule has 4 nitrogen and oxygen atoms in total. The van der Waals surface area contributed by atoms with Gasteiger partial charge in [0.15, 0.2) is 11.5 Å². The average Bonchev–Trinajstić information content (AvgIpc) is 2.82. The summed E-state index contributed by atoms with van der Waals surface area (Å²) >= 11 is 5.92. The molecule has 0 aromatic carbocycles. The molecule has 0 aliphatic heterocycles. The van der Waals surface area contributed by atoms with Crippen LogP contribution in [0.2, 0.25) is 5.02 Å². The summed E-state index contributed by atoms with van der Waals surface area (Å²) < 4.78 is 66.4. The van der Waals surface area contributed by atoms with Gasteiger partial charge < -0.3 is 4.57 Å². The highest BCUT2D eigenvalue weighted by Crippen LogP contribution is 2.35. The molecule has 0 bridgehead atoms. The van der Waals surface area contributed by atoms with Gasteiger partial charge in [-0.25, -0.2) is 18.7 Å². The number of nitrogens with zero attached hydrogens (tertiary/aromatic N) is 4. The first-order chi connectivity index (χ1) is 11.5. The molecule has 10 heteroatoms. The SMILES string of the molecule is Cn1c(-c2ncc(C(F)(F)F)cc2Cl)nc2cc(C(C)(F)F)cnc21. The van der Waals surface area contributed by atoms with Gasteiger partial charge in [-0.2, -0.15) is 13.2 Å². The predicted molar refractivity (Wildman–Crippen MR) is 81.3 cm³/mol. The van der Waals surface area contributed by atoms with Gasteiger partial charge in [0, 0.05) is 31.9 Å². The minimum absolute atomic E-state index is 0.0000228. The number of rotatable bonds is 2. The van der Waals surface area contributed by atoms with Crippen molar-refractivity contribution in [1.82, 2.24) is 19.5 Å². The molecule has 0 aliphatic carbocycles. The van der Waals surface area contributed by atoms with E-state index in [0.29, 0.717) is 6.20 Å². The highest BCUT2D eigenvalue weighted by Gasteiger charge is 2.32. The van der Waals surface area contributed by atoms with E-state index >= 15 is 0 Å². The Hall–Kier alpha value is -2.29. The van der Waals surface area contributed by atoms with E-state index in [-0.39, 0.29) is 33.3 Å². The summed E-state index contributed by atoms with van der Waals surface area (Å²) in [5.41, 5.74) is -0.878. The Bertz CT molecular complexity index is 959. The Balaban J connectivity index is 2.15. The van der Waals surface area contributed by atoms with Gasteiger partial charge in [-0.15, -0.1) is 0 Å². The molecule has 0 spiro atoms. The van der Waals surface area contributed by atoms with Gasteiger partial charge in [-0.3, -0.25) is 4.98 Å². The first-order valence-electron chi connectivity index (χ1n) is 6.92. The minimum atomic E-state index is -4.58. The maximum Gasteiger partial charge on any atom is 0.417 e. The summed E-state index contributed by atoms with van der Waals surface area (Å²) in [7, 11) is 1.54. The number of hydrogen-bond donors (Lipinski definition) is 0. The van der Waals surface area contributed by atoms with Crippen molar-refractivity contribution in [2.24, 2.45) is 7.05 Å². The van der Waals surface area contributed by atoms with E-state index in [1.807, 2.05) is 0 Å². The van der Waals surface area contributed by atoms with Gasteiger partial charge in [-0.1, -0.05) is 11.6 Å². The lowest BCUT2D eigenvalue weighted by Crippen LogP contribution is -2.07. The maximum absolute atomic E-state index is 13.4. The standard InChI is InChI=1S/C15H10ClF5N4/c1-14(17,18)7-4-10-12(23-5-7)25(2)13(24-10)11-9(16)3-8(6-22-11)15(19,20)21/h3-6H,1-2H3. The number of imidazole rings is 1. The number of pyridine rings is 2. The first-order valence-corrected chi connectivity index (χ1v) is 7.30. The van der Waals surface area contributed by atoms with Crippen LogP contribution >= 0.6 is 11.6 Å². The second kappa shape index (κ2) is 5.62. The molecule has 0 aliphatic rings. The van der Waals surface area contributed by atoms with Crippen molar-refractivity contribution in [2.45, 2.75) is 19.0 Å². The van der Waals surface area contributed by atoms with Gasteiger partial charge >= 0.3 is 6.18 Å². The molecule has 0 saturated carbocycles. The van der Waals surface area contributed by atoms with Crippen molar-refractivity contribution in [3.63, 3.8) is 0 Å². The van der Waals surface area contributed by atoms with Crippen molar-refractivity contribution in [3.8, 4) is 11.5 Å². The second-order valence-corrected chi connectivity index (χ2v) is 5.91. The minimum Gasteiger partial charge on any atom is -0.310 e. The van der Waals surface area contributed by atoms with Crippen LogP contribution in [0.3, 0.4) is 0 Å². The molecule has 3 aromatic heterocycles. The summed E-state index contributed by atoms with van der Waals surface area (Å²) in [5.74, 6) is -2.97. The summed E-state index contributed by atoms with van der Waals surface area (Å²) in [5, 5.41) is -0.255. The van der Waals surface area contributed by atoms with Crippen LogP contribution in [-0.4, -0.2) is 19.5 Å². The van der Waals surface area contributed by atoms with E-state index in [9.17, 15) is 22.0 Å². The van der Waals surface area contributed by atoms with Crippen LogP contribution in [0, 0.1) is 0 Å². The first kappa shape index (κ1) is 17.5. The molecule has 3 rings (SSSR count). The van der Waals surface area contributed by atoms with Gasteiger partial charge in [0.2, 0.25) is 0 Å². The third kappa shape index (κ3) is 3.15. The Morgan fingerprint density at radius 1 is 1.00 bits per heavy atom. The zero-order valence-corrected chi connectivity index (χ0v) is 13.6. The second-order valence-electron chi connectivity index (χ2n) is 5.50. The van der Waals surface area contributed by atoms with Gasteiger partial charge in [0.1, 0.15) is 11.2 Å². The lowest BCUT2D eigenvalue weighted by atomic mass is 10.2. The third-order valence-corrected chi connectivity index (χ3v) is 3.88. The molecule has 25 heavy (non-hydrogen) atoms. The fraction of sp³-hybridized carbons (Fsp3) is 0.267. The van der Waals surface area contributed by atoms with E-state index in [1.54, 1.807) is 0 Å². The van der Waals surface area contributed by atoms with Crippen molar-refractivity contribution >= 4 is 22.8 Å². The Morgan fingerprint density at radius 3 is 2.20 bits per heavy atom. The van der Waals surface area contributed by atoms with Crippen LogP contribution in [0.5, 0.6) is 0 Å². The third-order valence-electron chi connectivity index (χ3n) is 3.60. The van der Waals surface area contributed by atoms with Crippen LogP contribution in [0.15, 0.2) is 24.5 Å². The van der Waals surface area contributed by atoms with E-state index in [4.69, 9.17) is 11.6 Å². The summed E-state index contributed by atoms with van der Waals surface area (Å²) in [6, 6.07) is 1.91. The lowest BCUT2D eigenvalue weighted by molar-refractivity contribution is -0.137. The summed E-state index contributed by atoms with van der Waals surface area (Å²) in [4.78, 5) is 11.8. The Kier molecular flexibility index (Phi) is 3.94. The van der Waals surface area contributed by atoms with Crippen molar-refractivity contribution in [2.75, 3.05) is 0 Å². The summed E-state index contributed by atoms with van der Waals surface area (Å²) in [6.45, 7) is 0.730. The number of halogens is 6. The van der Waals surface area contributed by atoms with Crippen LogP contribution < -0.4 is 0 Å². The van der Waals surface area contributed by atoms with Crippen LogP contribution in [-0.2, 0) is 19.1 Å². The Morgan fingerprint density at radius 2 is 1.64 bits per heavy atom. The van der Waals surface area contributed by atoms with Crippen molar-refractivity contribution in [1.29, 1.82) is 0 Å². The number of aromatic nitrogens is 4. The van der Waals surface area contributed by atoms with E-state index < -0.39 is 17.7 Å². The Labute approximate surface area is 143 Å². The molecule has 132 valence electrons. The zero-order valence-electron chi connectivity index (χ0n) is 12.9. The number of hydrogen-bond acceptors (Lipinski definition) is 3. The van der Waals surface area contributed by atoms with Crippen molar-refractivity contribution in [3.05, 3.63) is 40.7 Å². The number of alkyl halides is 5. The van der Waals surface area contributed by atoms with Gasteiger partial charge in [0.25, 0.3) is 5.92 Å². The summed E-state index contributed by atoms with van der Waals surface area (Å²) in [6.07, 6.45) is -2.92. The van der Waals surface area contributed by atoms with Crippen LogP contribution in [0.4, 0.5) is 22.0 Å². The van der Waals surface area contributed by atoms with E-state index in [2.05, 4.69) is 15.0 Å². The predicted octanol–water partition coefficient (Wildman–Crippen LogP) is 4.81. The fourth-order valence-corrected chi connectivity index (χ4v) is 2.54. The molecule has 0 N–H and O–H groups in total. The average molecular weight is 377 g/mol. The normalized spacial score (nSPS) is 12.8. The largest absolute Gasteiger partial charge is 0.417 e. The lowest BCUT2D eigenvalue weighted by Gasteiger charge is -2.09. The molecule has 0 saturated heterocycles. The molecule has 0 unspecified atom stereocenters. The highest BCUT2D eigenvalue weighted by molar-refractivity contribution is 6.33. The van der Waals surface area contributed by atoms with E-state index in [0.717, 1.165) is 19.2 Å². The highest BCUT2D eigenvalue weighted by atomic mass is 35.5. The monoisotopic (exact) mass is 376 g/mol. The molecule has 0 radical (unpaired) electrons. The molecular weight excluding hydrogens is 367 g/mol. The van der Waals surface area contributed by atoms with E-state index in [1.165, 1.54) is 17.7 Å². The molecule has 0 amide bonds. The fourth-order valence-electron chi connectivity index (χ4n) is 2.29. The van der Waals surface area contributed by atoms with Crippen LogP contribution in [0.25, 0.3) is 22.7 Å². The molecular formula is C15H10ClF5N4. The molecule has 0 fully saturated rings. The molecule has 0 atom stereocenters. The quantitative estimate of drug-likeness (QED) is 0.603. The van der Waals surface area contributed by atoms with Crippen LogP contribution in [0.1, 0.15) is 18.1 Å². The van der Waals surface area contributed by atoms with Gasteiger partial charge in [0.05, 0.1) is 10.6 Å². The molecule has 3 heterocycles. The maximum atomic E-state index is 13.4. The number of aryl methyl sites for hydroxylation is 1. The van der Waals surface area contributed by atoms with Crippen molar-refractivity contribution < 1.29 is 22.0 Å². The van der Waals surface area contributed by atoms with Gasteiger partial charge in [-0.05, 0) is 12.1 Å². The zero-order chi connectivity index (χ0) is 18.6. The smallest absolute Gasteiger partial charge is 0.310 e. The number of fused-ring (bicyclic) bond motifs is 1. The molecule has 3 aromatic rings. The topological polar surface area (TPSA) is 43.6 Å².